The van der Waals surface area contributed by atoms with Gasteiger partial charge in [0.25, 0.3) is 5.91 Å². The zero-order valence-electron chi connectivity index (χ0n) is 11.1. The van der Waals surface area contributed by atoms with Crippen molar-refractivity contribution >= 4 is 17.5 Å². The molecule has 98 valence electrons. The number of carbonyl (C=O) groups is 1. The number of rotatable bonds is 4. The second kappa shape index (κ2) is 5.27. The van der Waals surface area contributed by atoms with E-state index in [4.69, 9.17) is 11.6 Å². The molecule has 0 radical (unpaired) electrons. The topological polar surface area (TPSA) is 33.2 Å². The summed E-state index contributed by atoms with van der Waals surface area (Å²) in [6.45, 7) is 6.81. The second-order valence-corrected chi connectivity index (χ2v) is 5.70. The lowest BCUT2D eigenvalue weighted by Gasteiger charge is -2.27. The van der Waals surface area contributed by atoms with Gasteiger partial charge in [-0.15, -0.1) is 0 Å². The van der Waals surface area contributed by atoms with Crippen LogP contribution in [0.2, 0.25) is 5.15 Å². The molecule has 0 atom stereocenters. The molecule has 0 aliphatic heterocycles. The molecule has 4 heteroatoms. The zero-order valence-corrected chi connectivity index (χ0v) is 11.9. The maximum Gasteiger partial charge on any atom is 0.254 e. The van der Waals surface area contributed by atoms with Crippen molar-refractivity contribution in [2.75, 3.05) is 6.54 Å². The van der Waals surface area contributed by atoms with Gasteiger partial charge in [-0.1, -0.05) is 11.6 Å². The van der Waals surface area contributed by atoms with Crippen molar-refractivity contribution in [3.8, 4) is 0 Å². The highest BCUT2D eigenvalue weighted by atomic mass is 35.5. The molecule has 1 saturated carbocycles. The Morgan fingerprint density at radius 1 is 1.50 bits per heavy atom. The van der Waals surface area contributed by atoms with E-state index in [-0.39, 0.29) is 11.9 Å². The van der Waals surface area contributed by atoms with Gasteiger partial charge in [0.15, 0.2) is 0 Å². The van der Waals surface area contributed by atoms with Gasteiger partial charge in [0.1, 0.15) is 5.15 Å². The number of hydrogen-bond donors (Lipinski definition) is 0. The summed E-state index contributed by atoms with van der Waals surface area (Å²) >= 11 is 5.91. The van der Waals surface area contributed by atoms with Crippen molar-refractivity contribution in [3.05, 3.63) is 28.5 Å². The van der Waals surface area contributed by atoms with E-state index in [1.54, 1.807) is 12.1 Å². The average molecular weight is 267 g/mol. The molecular formula is C14H19ClN2O. The molecule has 0 spiro atoms. The predicted octanol–water partition coefficient (Wildman–Crippen LogP) is 3.30. The van der Waals surface area contributed by atoms with Crippen LogP contribution in [0.1, 0.15) is 42.7 Å². The largest absolute Gasteiger partial charge is 0.336 e. The molecule has 0 N–H and O–H groups in total. The molecule has 0 unspecified atom stereocenters. The van der Waals surface area contributed by atoms with E-state index in [1.807, 2.05) is 11.8 Å². The third-order valence-electron chi connectivity index (χ3n) is 3.21. The summed E-state index contributed by atoms with van der Waals surface area (Å²) in [7, 11) is 0. The molecule has 1 aliphatic carbocycles. The van der Waals surface area contributed by atoms with E-state index >= 15 is 0 Å². The van der Waals surface area contributed by atoms with Gasteiger partial charge in [0, 0.05) is 23.8 Å². The van der Waals surface area contributed by atoms with Gasteiger partial charge in [-0.3, -0.25) is 4.79 Å². The van der Waals surface area contributed by atoms with Gasteiger partial charge < -0.3 is 4.90 Å². The van der Waals surface area contributed by atoms with Crippen molar-refractivity contribution < 1.29 is 4.79 Å². The fraction of sp³-hybridized carbons (Fsp3) is 0.571. The summed E-state index contributed by atoms with van der Waals surface area (Å²) < 4.78 is 0. The van der Waals surface area contributed by atoms with Crippen LogP contribution >= 0.6 is 11.6 Å². The third-order valence-corrected chi connectivity index (χ3v) is 3.40. The molecular weight excluding hydrogens is 248 g/mol. The van der Waals surface area contributed by atoms with Crippen molar-refractivity contribution in [1.82, 2.24) is 9.88 Å². The van der Waals surface area contributed by atoms with Crippen LogP contribution in [0.4, 0.5) is 0 Å². The number of pyridine rings is 1. The Labute approximate surface area is 113 Å². The second-order valence-electron chi connectivity index (χ2n) is 5.31. The van der Waals surface area contributed by atoms with Crippen molar-refractivity contribution in [1.29, 1.82) is 0 Å². The van der Waals surface area contributed by atoms with Crippen molar-refractivity contribution in [2.24, 2.45) is 5.92 Å². The smallest absolute Gasteiger partial charge is 0.254 e. The minimum atomic E-state index is 0.0595. The maximum absolute atomic E-state index is 12.5. The third kappa shape index (κ3) is 3.22. The number of halogens is 1. The lowest BCUT2D eigenvalue weighted by atomic mass is 10.1. The average Bonchev–Trinajstić information content (AvgIpc) is 3.07. The van der Waals surface area contributed by atoms with Crippen molar-refractivity contribution in [2.45, 2.75) is 39.7 Å². The van der Waals surface area contributed by atoms with E-state index in [9.17, 15) is 4.79 Å². The minimum Gasteiger partial charge on any atom is -0.336 e. The molecule has 3 nitrogen and oxygen atoms in total. The maximum atomic E-state index is 12.5. The molecule has 1 aromatic rings. The Morgan fingerprint density at radius 3 is 2.67 bits per heavy atom. The molecule has 1 fully saturated rings. The molecule has 1 amide bonds. The molecule has 1 aromatic heterocycles. The first-order chi connectivity index (χ1) is 8.47. The Bertz CT molecular complexity index is 435. The van der Waals surface area contributed by atoms with Gasteiger partial charge in [-0.05, 0) is 51.7 Å². The van der Waals surface area contributed by atoms with Crippen LogP contribution in [0, 0.1) is 12.8 Å². The Balaban J connectivity index is 2.20. The van der Waals surface area contributed by atoms with Crippen molar-refractivity contribution in [3.63, 3.8) is 0 Å². The van der Waals surface area contributed by atoms with Gasteiger partial charge >= 0.3 is 0 Å². The number of carbonyl (C=O) groups excluding carboxylic acids is 1. The lowest BCUT2D eigenvalue weighted by molar-refractivity contribution is 0.0696. The Morgan fingerprint density at radius 2 is 2.17 bits per heavy atom. The number of nitrogens with zero attached hydrogens (tertiary/aromatic N) is 2. The molecule has 18 heavy (non-hydrogen) atoms. The van der Waals surface area contributed by atoms with Crippen LogP contribution in [-0.2, 0) is 0 Å². The molecule has 1 aliphatic rings. The van der Waals surface area contributed by atoms with Crippen LogP contribution in [0.25, 0.3) is 0 Å². The van der Waals surface area contributed by atoms with E-state index in [2.05, 4.69) is 18.8 Å². The van der Waals surface area contributed by atoms with Crippen LogP contribution in [-0.4, -0.2) is 28.4 Å². The predicted molar refractivity (Wildman–Crippen MR) is 72.9 cm³/mol. The molecule has 0 bridgehead atoms. The van der Waals surface area contributed by atoms with Gasteiger partial charge in [-0.2, -0.15) is 0 Å². The van der Waals surface area contributed by atoms with E-state index < -0.39 is 0 Å². The quantitative estimate of drug-likeness (QED) is 0.784. The minimum absolute atomic E-state index is 0.0595. The summed E-state index contributed by atoms with van der Waals surface area (Å²) in [5.74, 6) is 0.749. The number of hydrogen-bond acceptors (Lipinski definition) is 2. The summed E-state index contributed by atoms with van der Waals surface area (Å²) in [4.78, 5) is 18.5. The van der Waals surface area contributed by atoms with Gasteiger partial charge in [0.05, 0.1) is 0 Å². The summed E-state index contributed by atoms with van der Waals surface area (Å²) in [5, 5.41) is 0.383. The lowest BCUT2D eigenvalue weighted by Crippen LogP contribution is -2.38. The first-order valence-electron chi connectivity index (χ1n) is 6.42. The molecule has 0 saturated heterocycles. The van der Waals surface area contributed by atoms with Crippen LogP contribution < -0.4 is 0 Å². The number of aromatic nitrogens is 1. The van der Waals surface area contributed by atoms with Gasteiger partial charge in [0.2, 0.25) is 0 Å². The van der Waals surface area contributed by atoms with E-state index in [0.29, 0.717) is 16.6 Å². The molecule has 1 heterocycles. The van der Waals surface area contributed by atoms with Crippen LogP contribution in [0.3, 0.4) is 0 Å². The van der Waals surface area contributed by atoms with Gasteiger partial charge in [-0.25, -0.2) is 4.98 Å². The Hall–Kier alpha value is -1.09. The summed E-state index contributed by atoms with van der Waals surface area (Å²) in [6.07, 6.45) is 2.49. The first kappa shape index (κ1) is 13.3. The number of aryl methyl sites for hydroxylation is 1. The van der Waals surface area contributed by atoms with E-state index in [0.717, 1.165) is 12.2 Å². The zero-order chi connectivity index (χ0) is 13.3. The molecule has 2 rings (SSSR count). The Kier molecular flexibility index (Phi) is 3.91. The first-order valence-corrected chi connectivity index (χ1v) is 6.80. The van der Waals surface area contributed by atoms with Crippen LogP contribution in [0.5, 0.6) is 0 Å². The monoisotopic (exact) mass is 266 g/mol. The normalized spacial score (nSPS) is 14.9. The fourth-order valence-corrected chi connectivity index (χ4v) is 2.28. The SMILES string of the molecule is Cc1cc(C(=O)N(CC2CC2)C(C)C)cc(Cl)n1. The highest BCUT2D eigenvalue weighted by Gasteiger charge is 2.28. The molecule has 0 aromatic carbocycles. The highest BCUT2D eigenvalue weighted by molar-refractivity contribution is 6.29. The highest BCUT2D eigenvalue weighted by Crippen LogP contribution is 2.31. The van der Waals surface area contributed by atoms with E-state index in [1.165, 1.54) is 12.8 Å². The standard InChI is InChI=1S/C14H19ClN2O/c1-9(2)17(8-11-4-5-11)14(18)12-6-10(3)16-13(15)7-12/h6-7,9,11H,4-5,8H2,1-3H3. The number of amides is 1. The summed E-state index contributed by atoms with van der Waals surface area (Å²) in [5.41, 5.74) is 1.42. The fourth-order valence-electron chi connectivity index (χ4n) is 2.02. The summed E-state index contributed by atoms with van der Waals surface area (Å²) in [6, 6.07) is 3.67. The van der Waals surface area contributed by atoms with Crippen LogP contribution in [0.15, 0.2) is 12.1 Å².